The summed E-state index contributed by atoms with van der Waals surface area (Å²) in [5.74, 6) is 2.67. The molecule has 0 aromatic rings. The van der Waals surface area contributed by atoms with E-state index >= 15 is 0 Å². The first-order chi connectivity index (χ1) is 17.6. The van der Waals surface area contributed by atoms with Gasteiger partial charge in [0.15, 0.2) is 0 Å². The number of carbonyl (C=O) groups excluding carboxylic acids is 1. The first kappa shape index (κ1) is 27.4. The van der Waals surface area contributed by atoms with E-state index in [1.165, 1.54) is 5.71 Å². The third kappa shape index (κ3) is 4.77. The van der Waals surface area contributed by atoms with E-state index in [0.717, 1.165) is 77.3 Å². The van der Waals surface area contributed by atoms with Gasteiger partial charge in [0.2, 0.25) is 5.91 Å². The van der Waals surface area contributed by atoms with Gasteiger partial charge in [-0.1, -0.05) is 25.9 Å². The van der Waals surface area contributed by atoms with Gasteiger partial charge in [-0.25, -0.2) is 0 Å². The Balaban J connectivity index is 1.39. The summed E-state index contributed by atoms with van der Waals surface area (Å²) in [6, 6.07) is 0. The van der Waals surface area contributed by atoms with Gasteiger partial charge in [0, 0.05) is 30.8 Å². The molecule has 0 unspecified atom stereocenters. The van der Waals surface area contributed by atoms with Crippen LogP contribution in [0.15, 0.2) is 5.16 Å². The number of amides is 1. The molecule has 37 heavy (non-hydrogen) atoms. The molecule has 5 aliphatic rings. The summed E-state index contributed by atoms with van der Waals surface area (Å²) in [6.07, 6.45) is 10.0. The number of hydrogen-bond donors (Lipinski definition) is 2. The predicted molar refractivity (Wildman–Crippen MR) is 146 cm³/mol. The van der Waals surface area contributed by atoms with Crippen LogP contribution < -0.4 is 0 Å². The fraction of sp³-hybridized carbons (Fsp3) is 0.935. The van der Waals surface area contributed by atoms with Gasteiger partial charge in [-0.15, -0.1) is 0 Å². The molecule has 4 saturated carbocycles. The summed E-state index contributed by atoms with van der Waals surface area (Å²) in [6.45, 7) is 13.0. The molecule has 6 heteroatoms. The number of nitrogens with zero attached hydrogens (tertiary/aromatic N) is 2. The zero-order chi connectivity index (χ0) is 26.5. The predicted octanol–water partition coefficient (Wildman–Crippen LogP) is 5.41. The Morgan fingerprint density at radius 3 is 2.51 bits per heavy atom. The lowest BCUT2D eigenvalue weighted by atomic mass is 9.43. The number of fused-ring (bicyclic) bond motifs is 5. The molecule has 6 nitrogen and oxygen atoms in total. The molecular weight excluding hydrogens is 464 g/mol. The van der Waals surface area contributed by atoms with E-state index in [4.69, 9.17) is 9.99 Å². The number of carbonyl (C=O) groups is 1. The Kier molecular flexibility index (Phi) is 7.74. The van der Waals surface area contributed by atoms with Gasteiger partial charge in [-0.05, 0) is 113 Å². The van der Waals surface area contributed by atoms with Crippen LogP contribution in [0.1, 0.15) is 105 Å². The highest BCUT2D eigenvalue weighted by Crippen LogP contribution is 2.67. The molecule has 5 rings (SSSR count). The summed E-state index contributed by atoms with van der Waals surface area (Å²) in [4.78, 5) is 20.7. The van der Waals surface area contributed by atoms with Crippen molar-refractivity contribution in [1.29, 1.82) is 0 Å². The van der Waals surface area contributed by atoms with Crippen molar-refractivity contribution in [2.75, 3.05) is 13.1 Å². The van der Waals surface area contributed by atoms with Crippen LogP contribution in [0.2, 0.25) is 0 Å². The average Bonchev–Trinajstić information content (AvgIpc) is 3.51. The molecule has 210 valence electrons. The maximum Gasteiger partial charge on any atom is 0.222 e. The Morgan fingerprint density at radius 1 is 1.08 bits per heavy atom. The summed E-state index contributed by atoms with van der Waals surface area (Å²) < 4.78 is 0. The third-order valence-electron chi connectivity index (χ3n) is 12.0. The monoisotopic (exact) mass is 516 g/mol. The molecule has 1 amide bonds. The molecule has 0 aromatic carbocycles. The molecule has 1 saturated heterocycles. The second kappa shape index (κ2) is 10.4. The van der Waals surface area contributed by atoms with Crippen molar-refractivity contribution in [3.63, 3.8) is 0 Å². The van der Waals surface area contributed by atoms with Crippen molar-refractivity contribution < 1.29 is 19.8 Å². The zero-order valence-electron chi connectivity index (χ0n) is 24.0. The van der Waals surface area contributed by atoms with Gasteiger partial charge in [-0.2, -0.15) is 0 Å². The average molecular weight is 517 g/mol. The Hall–Kier alpha value is -1.14. The van der Waals surface area contributed by atoms with Crippen LogP contribution in [0.25, 0.3) is 0 Å². The van der Waals surface area contributed by atoms with Crippen LogP contribution in [0.3, 0.4) is 0 Å². The van der Waals surface area contributed by atoms with Crippen LogP contribution in [-0.2, 0) is 9.63 Å². The number of aliphatic hydroxyl groups excluding tert-OH is 2. The molecule has 0 spiro atoms. The maximum absolute atomic E-state index is 12.8. The number of oxime groups is 1. The minimum absolute atomic E-state index is 0.0428. The lowest BCUT2D eigenvalue weighted by Gasteiger charge is -2.62. The van der Waals surface area contributed by atoms with Crippen LogP contribution in [0, 0.1) is 46.3 Å². The Labute approximate surface area is 224 Å². The quantitative estimate of drug-likeness (QED) is 0.463. The minimum atomic E-state index is -0.335. The van der Waals surface area contributed by atoms with Crippen LogP contribution in [-0.4, -0.2) is 58.1 Å². The second-order valence-corrected chi connectivity index (χ2v) is 14.2. The molecule has 4 aliphatic carbocycles. The molecule has 1 heterocycles. The van der Waals surface area contributed by atoms with E-state index < -0.39 is 0 Å². The van der Waals surface area contributed by atoms with Crippen LogP contribution >= 0.6 is 0 Å². The lowest BCUT2D eigenvalue weighted by Crippen LogP contribution is -2.61. The third-order valence-corrected chi connectivity index (χ3v) is 12.0. The molecule has 2 N–H and O–H groups in total. The first-order valence-corrected chi connectivity index (χ1v) is 15.4. The highest BCUT2D eigenvalue weighted by atomic mass is 16.6. The SMILES string of the molecule is CC(C)O/N=C1/C[C@@H]2C[C@H](O)CC[C@]2(C)[C@H]2C[C@H](O)[C@]3(C)[C@@H]([C@H](C)CCC(=O)N4CCCC4)CC[C@H]3[C@H]12. The van der Waals surface area contributed by atoms with E-state index in [-0.39, 0.29) is 29.1 Å². The molecular formula is C31H52N2O4. The zero-order valence-corrected chi connectivity index (χ0v) is 24.0. The van der Waals surface area contributed by atoms with E-state index in [2.05, 4.69) is 20.8 Å². The van der Waals surface area contributed by atoms with Crippen molar-refractivity contribution in [3.8, 4) is 0 Å². The number of rotatable bonds is 6. The van der Waals surface area contributed by atoms with Gasteiger partial charge in [0.1, 0.15) is 6.10 Å². The van der Waals surface area contributed by atoms with Crippen molar-refractivity contribution in [3.05, 3.63) is 0 Å². The highest BCUT2D eigenvalue weighted by molar-refractivity contribution is 5.88. The largest absolute Gasteiger partial charge is 0.393 e. The van der Waals surface area contributed by atoms with E-state index in [1.54, 1.807) is 0 Å². The highest BCUT2D eigenvalue weighted by Gasteiger charge is 2.65. The molecule has 0 bridgehead atoms. The Bertz CT molecular complexity index is 869. The summed E-state index contributed by atoms with van der Waals surface area (Å²) in [5, 5.41) is 27.2. The van der Waals surface area contributed by atoms with Gasteiger partial charge >= 0.3 is 0 Å². The second-order valence-electron chi connectivity index (χ2n) is 14.2. The van der Waals surface area contributed by atoms with Crippen molar-refractivity contribution in [2.45, 2.75) is 124 Å². The fourth-order valence-electron chi connectivity index (χ4n) is 9.82. The van der Waals surface area contributed by atoms with Gasteiger partial charge in [0.25, 0.3) is 0 Å². The molecule has 5 fully saturated rings. The smallest absolute Gasteiger partial charge is 0.222 e. The number of aliphatic hydroxyl groups is 2. The summed E-state index contributed by atoms with van der Waals surface area (Å²) in [5.41, 5.74) is 1.17. The normalized spacial score (nSPS) is 45.5. The van der Waals surface area contributed by atoms with Gasteiger partial charge in [-0.3, -0.25) is 4.79 Å². The van der Waals surface area contributed by atoms with Crippen molar-refractivity contribution in [1.82, 2.24) is 4.90 Å². The summed E-state index contributed by atoms with van der Waals surface area (Å²) in [7, 11) is 0. The topological polar surface area (TPSA) is 82.4 Å². The van der Waals surface area contributed by atoms with Crippen LogP contribution in [0.4, 0.5) is 0 Å². The molecule has 0 radical (unpaired) electrons. The number of hydrogen-bond acceptors (Lipinski definition) is 5. The van der Waals surface area contributed by atoms with Crippen molar-refractivity contribution >= 4 is 11.6 Å². The van der Waals surface area contributed by atoms with E-state index in [0.29, 0.717) is 47.8 Å². The maximum atomic E-state index is 12.8. The molecule has 1 aliphatic heterocycles. The molecule has 10 atom stereocenters. The van der Waals surface area contributed by atoms with Gasteiger partial charge < -0.3 is 20.0 Å². The standard InChI is InChI=1S/C31H52N2O4/c1-19(2)37-32-26-17-21-16-22(34)12-13-30(21,4)25-18-27(35)31(5)23(9-10-24(31)29(25)26)20(3)8-11-28(36)33-14-6-7-15-33/h19-25,27,29,34-35H,6-18H2,1-5H3/b32-26-/t20-,21+,22-,23-,24+,25+,27+,29+,30+,31-/m1/s1. The van der Waals surface area contributed by atoms with E-state index in [1.807, 2.05) is 18.7 Å². The van der Waals surface area contributed by atoms with Crippen LogP contribution in [0.5, 0.6) is 0 Å². The Morgan fingerprint density at radius 2 is 1.81 bits per heavy atom. The first-order valence-electron chi connectivity index (χ1n) is 15.4. The minimum Gasteiger partial charge on any atom is -0.393 e. The number of likely N-dealkylation sites (tertiary alicyclic amines) is 1. The summed E-state index contributed by atoms with van der Waals surface area (Å²) >= 11 is 0. The van der Waals surface area contributed by atoms with Crippen molar-refractivity contribution in [2.24, 2.45) is 51.5 Å². The fourth-order valence-corrected chi connectivity index (χ4v) is 9.82. The van der Waals surface area contributed by atoms with Gasteiger partial charge in [0.05, 0.1) is 17.9 Å². The van der Waals surface area contributed by atoms with E-state index in [9.17, 15) is 15.0 Å². The molecule has 0 aromatic heterocycles. The lowest BCUT2D eigenvalue weighted by molar-refractivity contribution is -0.148.